The van der Waals surface area contributed by atoms with Gasteiger partial charge in [-0.15, -0.1) is 0 Å². The molecule has 0 saturated carbocycles. The van der Waals surface area contributed by atoms with Crippen molar-refractivity contribution in [3.05, 3.63) is 12.2 Å². The van der Waals surface area contributed by atoms with E-state index in [0.29, 0.717) is 0 Å². The van der Waals surface area contributed by atoms with Gasteiger partial charge in [0.1, 0.15) is 18.7 Å². The molecule has 0 fully saturated rings. The van der Waals surface area contributed by atoms with Crippen molar-refractivity contribution in [2.45, 2.75) is 33.3 Å². The molecule has 1 rings (SSSR count). The highest BCUT2D eigenvalue weighted by atomic mass is 16.5. The number of rotatable bonds is 2. The Bertz CT molecular complexity index is 220. The fourth-order valence-electron chi connectivity index (χ4n) is 1.25. The van der Waals surface area contributed by atoms with E-state index in [9.17, 15) is 0 Å². The molecule has 1 aliphatic heterocycles. The minimum atomic E-state index is -0.238. The molecule has 0 aliphatic carbocycles. The van der Waals surface area contributed by atoms with Crippen molar-refractivity contribution in [1.82, 2.24) is 0 Å². The van der Waals surface area contributed by atoms with Crippen LogP contribution in [0, 0.1) is 6.08 Å². The van der Waals surface area contributed by atoms with Crippen LogP contribution in [0.15, 0.2) is 6.08 Å². The van der Waals surface area contributed by atoms with Gasteiger partial charge in [-0.2, -0.15) is 4.58 Å². The lowest BCUT2D eigenvalue weighted by molar-refractivity contribution is -0.528. The molecular weight excluding hydrogens is 150 g/mol. The largest absolute Gasteiger partial charge is 0.434 e. The van der Waals surface area contributed by atoms with Crippen LogP contribution in [-0.2, 0) is 4.74 Å². The standard InChI is InChI=1S/C10H17NO/c1-5-11(6-2)9-7-8-10(3,4)12-9/h7H,5-6H2,1-4H3/q+1. The van der Waals surface area contributed by atoms with E-state index in [1.165, 1.54) is 0 Å². The van der Waals surface area contributed by atoms with Crippen LogP contribution in [0.1, 0.15) is 27.7 Å². The Kier molecular flexibility index (Phi) is 2.55. The van der Waals surface area contributed by atoms with Crippen molar-refractivity contribution >= 4 is 5.90 Å². The van der Waals surface area contributed by atoms with Gasteiger partial charge in [0.05, 0.1) is 6.08 Å². The third kappa shape index (κ3) is 1.87. The SMILES string of the molecule is CC[N+](CC)=C1C=[C]C(C)(C)O1. The van der Waals surface area contributed by atoms with Gasteiger partial charge in [-0.1, -0.05) is 0 Å². The molecule has 0 saturated heterocycles. The second kappa shape index (κ2) is 3.30. The fraction of sp³-hybridized carbons (Fsp3) is 0.700. The molecular formula is C10H17NO+. The molecule has 0 aromatic carbocycles. The Balaban J connectivity index is 2.81. The van der Waals surface area contributed by atoms with Gasteiger partial charge in [0.15, 0.2) is 0 Å². The summed E-state index contributed by atoms with van der Waals surface area (Å²) in [6, 6.07) is 0. The molecule has 2 heteroatoms. The summed E-state index contributed by atoms with van der Waals surface area (Å²) < 4.78 is 7.85. The first kappa shape index (κ1) is 9.30. The molecule has 1 heterocycles. The van der Waals surface area contributed by atoms with Gasteiger partial charge in [-0.05, 0) is 27.7 Å². The van der Waals surface area contributed by atoms with E-state index in [2.05, 4.69) is 24.5 Å². The second-order valence-corrected chi connectivity index (χ2v) is 3.41. The molecule has 0 amide bonds. The third-order valence-electron chi connectivity index (χ3n) is 1.98. The zero-order valence-corrected chi connectivity index (χ0v) is 8.35. The summed E-state index contributed by atoms with van der Waals surface area (Å²) >= 11 is 0. The minimum absolute atomic E-state index is 0.238. The minimum Gasteiger partial charge on any atom is -0.434 e. The maximum absolute atomic E-state index is 5.67. The van der Waals surface area contributed by atoms with Crippen molar-refractivity contribution in [2.24, 2.45) is 0 Å². The van der Waals surface area contributed by atoms with Crippen molar-refractivity contribution < 1.29 is 9.31 Å². The lowest BCUT2D eigenvalue weighted by Crippen LogP contribution is -2.26. The lowest BCUT2D eigenvalue weighted by atomic mass is 10.1. The van der Waals surface area contributed by atoms with Gasteiger partial charge in [-0.3, -0.25) is 0 Å². The summed E-state index contributed by atoms with van der Waals surface area (Å²) in [4.78, 5) is 0. The summed E-state index contributed by atoms with van der Waals surface area (Å²) in [6.45, 7) is 10.2. The smallest absolute Gasteiger partial charge is 0.363 e. The van der Waals surface area contributed by atoms with Crippen LogP contribution in [0.25, 0.3) is 0 Å². The topological polar surface area (TPSA) is 12.2 Å². The Morgan fingerprint density at radius 3 is 2.33 bits per heavy atom. The molecule has 67 valence electrons. The first-order valence-corrected chi connectivity index (χ1v) is 4.51. The van der Waals surface area contributed by atoms with Crippen LogP contribution in [0.2, 0.25) is 0 Å². The number of hydrogen-bond acceptors (Lipinski definition) is 1. The lowest BCUT2D eigenvalue weighted by Gasteiger charge is -2.14. The Hall–Kier alpha value is -0.790. The first-order valence-electron chi connectivity index (χ1n) is 4.51. The van der Waals surface area contributed by atoms with Gasteiger partial charge in [0, 0.05) is 6.08 Å². The Labute approximate surface area is 74.5 Å². The average Bonchev–Trinajstić information content (AvgIpc) is 2.34. The normalized spacial score (nSPS) is 19.5. The highest BCUT2D eigenvalue weighted by Gasteiger charge is 2.28. The van der Waals surface area contributed by atoms with Gasteiger partial charge in [0.2, 0.25) is 0 Å². The van der Waals surface area contributed by atoms with Gasteiger partial charge in [-0.25, -0.2) is 0 Å². The quantitative estimate of drug-likeness (QED) is 0.569. The van der Waals surface area contributed by atoms with E-state index in [1.54, 1.807) is 0 Å². The Morgan fingerprint density at radius 2 is 2.00 bits per heavy atom. The summed E-state index contributed by atoms with van der Waals surface area (Å²) in [5.74, 6) is 0.949. The van der Waals surface area contributed by atoms with Crippen LogP contribution in [-0.4, -0.2) is 29.2 Å². The molecule has 1 aliphatic rings. The molecule has 0 bridgehead atoms. The molecule has 2 nitrogen and oxygen atoms in total. The molecule has 0 unspecified atom stereocenters. The van der Waals surface area contributed by atoms with E-state index < -0.39 is 0 Å². The summed E-state index contributed by atoms with van der Waals surface area (Å²) in [7, 11) is 0. The van der Waals surface area contributed by atoms with Crippen LogP contribution < -0.4 is 0 Å². The highest BCUT2D eigenvalue weighted by molar-refractivity contribution is 5.85. The highest BCUT2D eigenvalue weighted by Crippen LogP contribution is 2.17. The van der Waals surface area contributed by atoms with Crippen LogP contribution in [0.3, 0.4) is 0 Å². The molecule has 0 aromatic rings. The van der Waals surface area contributed by atoms with E-state index in [4.69, 9.17) is 4.74 Å². The van der Waals surface area contributed by atoms with E-state index in [-0.39, 0.29) is 5.60 Å². The van der Waals surface area contributed by atoms with Crippen molar-refractivity contribution in [1.29, 1.82) is 0 Å². The molecule has 1 radical (unpaired) electrons. The van der Waals surface area contributed by atoms with E-state index in [1.807, 2.05) is 19.9 Å². The van der Waals surface area contributed by atoms with Gasteiger partial charge >= 0.3 is 5.90 Å². The monoisotopic (exact) mass is 167 g/mol. The summed E-state index contributed by atoms with van der Waals surface area (Å²) in [5, 5.41) is 0. The second-order valence-electron chi connectivity index (χ2n) is 3.41. The molecule has 0 N–H and O–H groups in total. The van der Waals surface area contributed by atoms with Crippen LogP contribution in [0.4, 0.5) is 0 Å². The molecule has 0 spiro atoms. The van der Waals surface area contributed by atoms with Crippen molar-refractivity contribution in [3.8, 4) is 0 Å². The summed E-state index contributed by atoms with van der Waals surface area (Å²) in [6.07, 6.45) is 5.11. The number of ether oxygens (including phenoxy) is 1. The zero-order valence-electron chi connectivity index (χ0n) is 8.35. The van der Waals surface area contributed by atoms with Crippen molar-refractivity contribution in [2.75, 3.05) is 13.1 Å². The maximum Gasteiger partial charge on any atom is 0.363 e. The first-order chi connectivity index (χ1) is 5.59. The Morgan fingerprint density at radius 1 is 1.42 bits per heavy atom. The van der Waals surface area contributed by atoms with Crippen LogP contribution in [0.5, 0.6) is 0 Å². The van der Waals surface area contributed by atoms with E-state index >= 15 is 0 Å². The fourth-order valence-corrected chi connectivity index (χ4v) is 1.25. The number of nitrogens with zero attached hydrogens (tertiary/aromatic N) is 1. The number of hydrogen-bond donors (Lipinski definition) is 0. The predicted molar refractivity (Wildman–Crippen MR) is 49.3 cm³/mol. The predicted octanol–water partition coefficient (Wildman–Crippen LogP) is 1.61. The van der Waals surface area contributed by atoms with Crippen molar-refractivity contribution in [3.63, 3.8) is 0 Å². The van der Waals surface area contributed by atoms with Gasteiger partial charge in [0.25, 0.3) is 0 Å². The third-order valence-corrected chi connectivity index (χ3v) is 1.98. The maximum atomic E-state index is 5.67. The van der Waals surface area contributed by atoms with E-state index in [0.717, 1.165) is 19.0 Å². The van der Waals surface area contributed by atoms with Gasteiger partial charge < -0.3 is 4.74 Å². The zero-order chi connectivity index (χ0) is 9.19. The summed E-state index contributed by atoms with van der Waals surface area (Å²) in [5.41, 5.74) is -0.238. The van der Waals surface area contributed by atoms with Crippen LogP contribution >= 0.6 is 0 Å². The molecule has 0 aromatic heterocycles. The molecule has 0 atom stereocenters. The molecule has 12 heavy (non-hydrogen) atoms. The average molecular weight is 167 g/mol.